The smallest absolute Gasteiger partial charge is 0.223 e. The highest BCUT2D eigenvalue weighted by molar-refractivity contribution is 14.0. The molecule has 1 aromatic rings. The Balaban J connectivity index is 0.00000256. The van der Waals surface area contributed by atoms with Gasteiger partial charge < -0.3 is 15.2 Å². The third kappa shape index (κ3) is 6.44. The fourth-order valence-electron chi connectivity index (χ4n) is 1.11. The second-order valence-electron chi connectivity index (χ2n) is 4.53. The van der Waals surface area contributed by atoms with Gasteiger partial charge in [0.05, 0.1) is 6.54 Å². The van der Waals surface area contributed by atoms with Gasteiger partial charge in [-0.15, -0.1) is 24.0 Å². The van der Waals surface area contributed by atoms with E-state index in [0.717, 1.165) is 5.96 Å². The predicted octanol–water partition coefficient (Wildman–Crippen LogP) is 1.46. The molecule has 0 aliphatic carbocycles. The van der Waals surface area contributed by atoms with Crippen molar-refractivity contribution < 1.29 is 4.52 Å². The zero-order valence-corrected chi connectivity index (χ0v) is 13.2. The third-order valence-corrected chi connectivity index (χ3v) is 1.70. The van der Waals surface area contributed by atoms with Crippen molar-refractivity contribution in [1.82, 2.24) is 20.8 Å². The lowest BCUT2D eigenvalue weighted by atomic mass is 10.1. The highest BCUT2D eigenvalue weighted by atomic mass is 127. The molecule has 2 N–H and O–H groups in total. The Hall–Kier alpha value is -0.860. The van der Waals surface area contributed by atoms with Gasteiger partial charge in [0.15, 0.2) is 11.8 Å². The van der Waals surface area contributed by atoms with E-state index >= 15 is 0 Å². The lowest BCUT2D eigenvalue weighted by Gasteiger charge is -2.23. The van der Waals surface area contributed by atoms with Gasteiger partial charge in [0.2, 0.25) is 5.89 Å². The molecule has 0 aliphatic heterocycles. The van der Waals surface area contributed by atoms with E-state index in [-0.39, 0.29) is 29.5 Å². The molecule has 0 radical (unpaired) electrons. The Morgan fingerprint density at radius 3 is 2.47 bits per heavy atom. The maximum Gasteiger partial charge on any atom is 0.223 e. The molecular weight excluding hydrogens is 333 g/mol. The Morgan fingerprint density at radius 2 is 2.06 bits per heavy atom. The third-order valence-electron chi connectivity index (χ3n) is 1.70. The van der Waals surface area contributed by atoms with Crippen LogP contribution in [-0.4, -0.2) is 28.7 Å². The summed E-state index contributed by atoms with van der Waals surface area (Å²) in [7, 11) is 1.72. The number of hydrogen-bond donors (Lipinski definition) is 2. The molecule has 0 spiro atoms. The van der Waals surface area contributed by atoms with Crippen molar-refractivity contribution >= 4 is 29.9 Å². The van der Waals surface area contributed by atoms with E-state index in [0.29, 0.717) is 18.3 Å². The van der Waals surface area contributed by atoms with Crippen LogP contribution >= 0.6 is 24.0 Å². The van der Waals surface area contributed by atoms with Crippen molar-refractivity contribution in [2.75, 3.05) is 7.05 Å². The molecule has 17 heavy (non-hydrogen) atoms. The van der Waals surface area contributed by atoms with E-state index in [2.05, 4.69) is 46.5 Å². The standard InChI is InChI=1S/C10H19N5O.HI/c1-7-13-8(15-16-7)6-12-9(11-5)14-10(2,3)4;/h6H2,1-5H3,(H2,11,12,14);1H. The fraction of sp³-hybridized carbons (Fsp3) is 0.700. The van der Waals surface area contributed by atoms with Gasteiger partial charge in [0, 0.05) is 19.5 Å². The Bertz CT molecular complexity index is 369. The summed E-state index contributed by atoms with van der Waals surface area (Å²) in [5.74, 6) is 1.90. The van der Waals surface area contributed by atoms with Crippen LogP contribution in [0.1, 0.15) is 32.5 Å². The Morgan fingerprint density at radius 1 is 1.41 bits per heavy atom. The number of aryl methyl sites for hydroxylation is 1. The molecule has 7 heteroatoms. The first-order valence-corrected chi connectivity index (χ1v) is 5.19. The van der Waals surface area contributed by atoms with E-state index in [4.69, 9.17) is 4.52 Å². The molecule has 1 heterocycles. The summed E-state index contributed by atoms with van der Waals surface area (Å²) in [4.78, 5) is 8.19. The van der Waals surface area contributed by atoms with Crippen molar-refractivity contribution in [3.05, 3.63) is 11.7 Å². The normalized spacial score (nSPS) is 11.9. The molecule has 0 bridgehead atoms. The molecule has 0 amide bonds. The maximum absolute atomic E-state index is 4.87. The molecule has 0 unspecified atom stereocenters. The van der Waals surface area contributed by atoms with E-state index in [1.54, 1.807) is 14.0 Å². The molecule has 1 rings (SSSR count). The molecule has 98 valence electrons. The van der Waals surface area contributed by atoms with E-state index in [9.17, 15) is 0 Å². The highest BCUT2D eigenvalue weighted by Gasteiger charge is 2.12. The van der Waals surface area contributed by atoms with Gasteiger partial charge in [-0.1, -0.05) is 5.16 Å². The summed E-state index contributed by atoms with van der Waals surface area (Å²) in [6.45, 7) is 8.46. The molecule has 0 aromatic carbocycles. The van der Waals surface area contributed by atoms with Crippen molar-refractivity contribution in [2.24, 2.45) is 4.99 Å². The molecule has 1 aromatic heterocycles. The zero-order valence-electron chi connectivity index (χ0n) is 10.9. The Kier molecular flexibility index (Phi) is 6.43. The average Bonchev–Trinajstić information content (AvgIpc) is 2.57. The molecule has 0 fully saturated rings. The van der Waals surface area contributed by atoms with Crippen LogP contribution in [0.2, 0.25) is 0 Å². The summed E-state index contributed by atoms with van der Waals surface area (Å²) < 4.78 is 4.87. The fourth-order valence-corrected chi connectivity index (χ4v) is 1.11. The second kappa shape index (κ2) is 6.77. The van der Waals surface area contributed by atoms with Gasteiger partial charge in [-0.2, -0.15) is 4.98 Å². The first kappa shape index (κ1) is 16.1. The van der Waals surface area contributed by atoms with Crippen LogP contribution in [-0.2, 0) is 6.54 Å². The van der Waals surface area contributed by atoms with Gasteiger partial charge in [0.25, 0.3) is 0 Å². The van der Waals surface area contributed by atoms with Gasteiger partial charge in [-0.25, -0.2) is 0 Å². The summed E-state index contributed by atoms with van der Waals surface area (Å²) >= 11 is 0. The number of nitrogens with one attached hydrogen (secondary N) is 2. The lowest BCUT2D eigenvalue weighted by Crippen LogP contribution is -2.47. The van der Waals surface area contributed by atoms with Gasteiger partial charge in [-0.05, 0) is 20.8 Å². The average molecular weight is 353 g/mol. The second-order valence-corrected chi connectivity index (χ2v) is 4.53. The number of nitrogens with zero attached hydrogens (tertiary/aromatic N) is 3. The van der Waals surface area contributed by atoms with Gasteiger partial charge in [-0.3, -0.25) is 4.99 Å². The molecular formula is C10H20IN5O. The minimum atomic E-state index is -0.0327. The largest absolute Gasteiger partial charge is 0.352 e. The number of aliphatic imine (C=N–C) groups is 1. The zero-order chi connectivity index (χ0) is 12.2. The van der Waals surface area contributed by atoms with Crippen LogP contribution < -0.4 is 10.6 Å². The van der Waals surface area contributed by atoms with Crippen LogP contribution in [0, 0.1) is 6.92 Å². The number of rotatable bonds is 2. The SMILES string of the molecule is CN=C(NCc1noc(C)n1)NC(C)(C)C.I. The monoisotopic (exact) mass is 353 g/mol. The minimum absolute atomic E-state index is 0. The van der Waals surface area contributed by atoms with Gasteiger partial charge >= 0.3 is 0 Å². The highest BCUT2D eigenvalue weighted by Crippen LogP contribution is 1.98. The first-order valence-electron chi connectivity index (χ1n) is 5.19. The molecule has 0 aliphatic rings. The first-order chi connectivity index (χ1) is 7.40. The van der Waals surface area contributed by atoms with Crippen LogP contribution in [0.5, 0.6) is 0 Å². The van der Waals surface area contributed by atoms with Gasteiger partial charge in [0.1, 0.15) is 0 Å². The van der Waals surface area contributed by atoms with E-state index in [1.807, 2.05) is 0 Å². The molecule has 0 saturated carbocycles. The molecule has 6 nitrogen and oxygen atoms in total. The van der Waals surface area contributed by atoms with Crippen LogP contribution in [0.3, 0.4) is 0 Å². The van der Waals surface area contributed by atoms with Crippen molar-refractivity contribution in [3.8, 4) is 0 Å². The molecule has 0 atom stereocenters. The summed E-state index contributed by atoms with van der Waals surface area (Å²) in [5, 5.41) is 10.1. The minimum Gasteiger partial charge on any atom is -0.352 e. The number of hydrogen-bond acceptors (Lipinski definition) is 4. The lowest BCUT2D eigenvalue weighted by molar-refractivity contribution is 0.386. The summed E-state index contributed by atoms with van der Waals surface area (Å²) in [5.41, 5.74) is -0.0327. The van der Waals surface area contributed by atoms with Crippen LogP contribution in [0.25, 0.3) is 0 Å². The topological polar surface area (TPSA) is 75.3 Å². The molecule has 0 saturated heterocycles. The van der Waals surface area contributed by atoms with E-state index < -0.39 is 0 Å². The van der Waals surface area contributed by atoms with E-state index in [1.165, 1.54) is 0 Å². The van der Waals surface area contributed by atoms with Crippen molar-refractivity contribution in [3.63, 3.8) is 0 Å². The number of halogens is 1. The summed E-state index contributed by atoms with van der Waals surface area (Å²) in [6.07, 6.45) is 0. The number of aromatic nitrogens is 2. The quantitative estimate of drug-likeness (QED) is 0.478. The van der Waals surface area contributed by atoms with Crippen molar-refractivity contribution in [1.29, 1.82) is 0 Å². The predicted molar refractivity (Wildman–Crippen MR) is 77.5 cm³/mol. The van der Waals surface area contributed by atoms with Crippen LogP contribution in [0.4, 0.5) is 0 Å². The van der Waals surface area contributed by atoms with Crippen molar-refractivity contribution in [2.45, 2.75) is 39.8 Å². The van der Waals surface area contributed by atoms with Crippen LogP contribution in [0.15, 0.2) is 9.52 Å². The summed E-state index contributed by atoms with van der Waals surface area (Å²) in [6, 6.07) is 0. The number of guanidine groups is 1. The maximum atomic E-state index is 4.87. The Labute approximate surface area is 119 Å².